The third kappa shape index (κ3) is 5.09. The fourth-order valence-electron chi connectivity index (χ4n) is 1.54. The summed E-state index contributed by atoms with van der Waals surface area (Å²) in [6.07, 6.45) is 0. The molecule has 0 spiro atoms. The first-order chi connectivity index (χ1) is 9.36. The van der Waals surface area contributed by atoms with E-state index in [9.17, 15) is 12.8 Å². The van der Waals surface area contributed by atoms with Gasteiger partial charge in [-0.3, -0.25) is 0 Å². The van der Waals surface area contributed by atoms with Gasteiger partial charge in [0.2, 0.25) is 0 Å². The molecule has 1 rings (SSSR count). The number of ether oxygens (including phenoxy) is 1. The fourth-order valence-corrected chi connectivity index (χ4v) is 2.33. The smallest absolute Gasteiger partial charge is 0.165 e. The van der Waals surface area contributed by atoms with Crippen LogP contribution in [-0.4, -0.2) is 32.6 Å². The van der Waals surface area contributed by atoms with Crippen molar-refractivity contribution in [3.63, 3.8) is 0 Å². The van der Waals surface area contributed by atoms with Crippen LogP contribution in [0.2, 0.25) is 0 Å². The number of rotatable bonds is 8. The third-order valence-corrected chi connectivity index (χ3v) is 5.09. The van der Waals surface area contributed by atoms with Gasteiger partial charge in [-0.15, -0.1) is 0 Å². The average molecular weight is 303 g/mol. The molecule has 1 aromatic carbocycles. The molecule has 0 bridgehead atoms. The van der Waals surface area contributed by atoms with E-state index >= 15 is 0 Å². The molecule has 0 aliphatic rings. The molecule has 1 aromatic rings. The SMILES string of the molecule is CCNCc1ccc(OCCS(=O)(=O)C(C)C)c(F)c1. The molecule has 0 aliphatic carbocycles. The van der Waals surface area contributed by atoms with E-state index in [1.165, 1.54) is 12.1 Å². The van der Waals surface area contributed by atoms with Crippen LogP contribution in [0, 0.1) is 5.82 Å². The molecule has 4 nitrogen and oxygen atoms in total. The zero-order valence-corrected chi connectivity index (χ0v) is 13.0. The minimum absolute atomic E-state index is 0.0377. The standard InChI is InChI=1S/C14H22FNO3S/c1-4-16-10-12-5-6-14(13(15)9-12)19-7-8-20(17,18)11(2)3/h5-6,9,11,16H,4,7-8,10H2,1-3H3. The number of sulfone groups is 1. The lowest BCUT2D eigenvalue weighted by Crippen LogP contribution is -2.22. The Hall–Kier alpha value is -1.14. The van der Waals surface area contributed by atoms with E-state index in [0.717, 1.165) is 12.1 Å². The normalized spacial score (nSPS) is 11.8. The summed E-state index contributed by atoms with van der Waals surface area (Å²) >= 11 is 0. The van der Waals surface area contributed by atoms with Crippen molar-refractivity contribution in [2.24, 2.45) is 0 Å². The van der Waals surface area contributed by atoms with Crippen molar-refractivity contribution in [3.05, 3.63) is 29.6 Å². The van der Waals surface area contributed by atoms with Crippen LogP contribution < -0.4 is 10.1 Å². The highest BCUT2D eigenvalue weighted by atomic mass is 32.2. The van der Waals surface area contributed by atoms with Crippen LogP contribution >= 0.6 is 0 Å². The van der Waals surface area contributed by atoms with E-state index in [0.29, 0.717) is 6.54 Å². The highest BCUT2D eigenvalue weighted by Crippen LogP contribution is 2.18. The van der Waals surface area contributed by atoms with Crippen molar-refractivity contribution in [3.8, 4) is 5.75 Å². The molecule has 0 atom stereocenters. The molecule has 114 valence electrons. The van der Waals surface area contributed by atoms with Gasteiger partial charge < -0.3 is 10.1 Å². The Bertz CT molecular complexity index is 529. The van der Waals surface area contributed by atoms with Gasteiger partial charge in [0.15, 0.2) is 21.4 Å². The monoisotopic (exact) mass is 303 g/mol. The minimum atomic E-state index is -3.16. The zero-order valence-electron chi connectivity index (χ0n) is 12.1. The Labute approximate surface area is 120 Å². The summed E-state index contributed by atoms with van der Waals surface area (Å²) in [7, 11) is -3.16. The summed E-state index contributed by atoms with van der Waals surface area (Å²) < 4.78 is 42.2. The largest absolute Gasteiger partial charge is 0.489 e. The average Bonchev–Trinajstić information content (AvgIpc) is 2.38. The lowest BCUT2D eigenvalue weighted by molar-refractivity contribution is 0.321. The maximum absolute atomic E-state index is 13.8. The van der Waals surface area contributed by atoms with Gasteiger partial charge in [-0.1, -0.05) is 13.0 Å². The van der Waals surface area contributed by atoms with Crippen LogP contribution in [0.4, 0.5) is 4.39 Å². The van der Waals surface area contributed by atoms with Gasteiger partial charge in [-0.2, -0.15) is 0 Å². The Morgan fingerprint density at radius 1 is 1.35 bits per heavy atom. The molecular weight excluding hydrogens is 281 g/mol. The third-order valence-electron chi connectivity index (χ3n) is 2.92. The first-order valence-corrected chi connectivity index (χ1v) is 8.42. The predicted octanol–water partition coefficient (Wildman–Crippen LogP) is 2.14. The van der Waals surface area contributed by atoms with Gasteiger partial charge in [0.1, 0.15) is 6.61 Å². The summed E-state index contributed by atoms with van der Waals surface area (Å²) in [4.78, 5) is 0. The summed E-state index contributed by atoms with van der Waals surface area (Å²) in [6, 6.07) is 4.69. The summed E-state index contributed by atoms with van der Waals surface area (Å²) in [6.45, 7) is 6.58. The highest BCUT2D eigenvalue weighted by molar-refractivity contribution is 7.91. The highest BCUT2D eigenvalue weighted by Gasteiger charge is 2.16. The number of benzene rings is 1. The van der Waals surface area contributed by atoms with E-state index in [-0.39, 0.29) is 18.1 Å². The van der Waals surface area contributed by atoms with Gasteiger partial charge in [0.05, 0.1) is 11.0 Å². The molecular formula is C14H22FNO3S. The zero-order chi connectivity index (χ0) is 15.2. The fraction of sp³-hybridized carbons (Fsp3) is 0.571. The first kappa shape index (κ1) is 16.9. The Morgan fingerprint density at radius 2 is 2.05 bits per heavy atom. The van der Waals surface area contributed by atoms with E-state index < -0.39 is 20.9 Å². The van der Waals surface area contributed by atoms with Gasteiger partial charge in [0.25, 0.3) is 0 Å². The van der Waals surface area contributed by atoms with Crippen molar-refractivity contribution < 1.29 is 17.5 Å². The van der Waals surface area contributed by atoms with Crippen molar-refractivity contribution in [2.75, 3.05) is 18.9 Å². The topological polar surface area (TPSA) is 55.4 Å². The first-order valence-electron chi connectivity index (χ1n) is 6.70. The van der Waals surface area contributed by atoms with Crippen molar-refractivity contribution in [1.82, 2.24) is 5.32 Å². The molecule has 6 heteroatoms. The second-order valence-corrected chi connectivity index (χ2v) is 7.49. The number of hydrogen-bond donors (Lipinski definition) is 1. The second kappa shape index (κ2) is 7.59. The van der Waals surface area contributed by atoms with E-state index in [1.807, 2.05) is 6.92 Å². The van der Waals surface area contributed by atoms with Gasteiger partial charge in [-0.25, -0.2) is 12.8 Å². The molecule has 1 N–H and O–H groups in total. The van der Waals surface area contributed by atoms with E-state index in [4.69, 9.17) is 4.74 Å². The molecule has 0 amide bonds. The molecule has 0 aliphatic heterocycles. The van der Waals surface area contributed by atoms with Gasteiger partial charge >= 0.3 is 0 Å². The Morgan fingerprint density at radius 3 is 2.60 bits per heavy atom. The van der Waals surface area contributed by atoms with Crippen LogP contribution in [0.15, 0.2) is 18.2 Å². The summed E-state index contributed by atoms with van der Waals surface area (Å²) in [5.41, 5.74) is 0.825. The summed E-state index contributed by atoms with van der Waals surface area (Å²) in [5.74, 6) is -0.491. The van der Waals surface area contributed by atoms with Gasteiger partial charge in [-0.05, 0) is 38.1 Å². The van der Waals surface area contributed by atoms with Crippen molar-refractivity contribution >= 4 is 9.84 Å². The van der Waals surface area contributed by atoms with E-state index in [2.05, 4.69) is 5.32 Å². The summed E-state index contributed by atoms with van der Waals surface area (Å²) in [5, 5.41) is 2.65. The number of halogens is 1. The van der Waals surface area contributed by atoms with E-state index in [1.54, 1.807) is 19.9 Å². The van der Waals surface area contributed by atoms with Crippen molar-refractivity contribution in [1.29, 1.82) is 0 Å². The molecule has 0 fully saturated rings. The number of nitrogens with one attached hydrogen (secondary N) is 1. The van der Waals surface area contributed by atoms with Crippen LogP contribution in [0.25, 0.3) is 0 Å². The quantitative estimate of drug-likeness (QED) is 0.799. The maximum Gasteiger partial charge on any atom is 0.165 e. The molecule has 0 radical (unpaired) electrons. The molecule has 0 heterocycles. The van der Waals surface area contributed by atoms with Gasteiger partial charge in [0, 0.05) is 6.54 Å². The van der Waals surface area contributed by atoms with Crippen LogP contribution in [-0.2, 0) is 16.4 Å². The maximum atomic E-state index is 13.8. The van der Waals surface area contributed by atoms with Crippen LogP contribution in [0.5, 0.6) is 5.75 Å². The Kier molecular flexibility index (Phi) is 6.42. The molecule has 0 saturated heterocycles. The minimum Gasteiger partial charge on any atom is -0.489 e. The lowest BCUT2D eigenvalue weighted by Gasteiger charge is -2.11. The molecule has 0 aromatic heterocycles. The molecule has 0 saturated carbocycles. The second-order valence-electron chi connectivity index (χ2n) is 4.81. The molecule has 20 heavy (non-hydrogen) atoms. The lowest BCUT2D eigenvalue weighted by atomic mass is 10.2. The number of hydrogen-bond acceptors (Lipinski definition) is 4. The molecule has 0 unspecified atom stereocenters. The van der Waals surface area contributed by atoms with Crippen molar-refractivity contribution in [2.45, 2.75) is 32.6 Å². The predicted molar refractivity (Wildman–Crippen MR) is 78.2 cm³/mol. The van der Waals surface area contributed by atoms with Crippen LogP contribution in [0.1, 0.15) is 26.3 Å². The van der Waals surface area contributed by atoms with Crippen LogP contribution in [0.3, 0.4) is 0 Å². The Balaban J connectivity index is 2.57.